The monoisotopic (exact) mass is 329 g/mol. The smallest absolute Gasteiger partial charge is 0.161 e. The van der Waals surface area contributed by atoms with Crippen molar-refractivity contribution >= 4 is 0 Å². The summed E-state index contributed by atoms with van der Waals surface area (Å²) in [5, 5.41) is 7.76. The van der Waals surface area contributed by atoms with Crippen molar-refractivity contribution in [2.45, 2.75) is 51.3 Å². The van der Waals surface area contributed by atoms with Gasteiger partial charge in [0.25, 0.3) is 0 Å². The number of aryl methyl sites for hydroxylation is 1. The predicted molar refractivity (Wildman–Crippen MR) is 94.3 cm³/mol. The fraction of sp³-hybridized carbons (Fsp3) is 0.526. The molecule has 1 heterocycles. The maximum Gasteiger partial charge on any atom is 0.161 e. The predicted octanol–water partition coefficient (Wildman–Crippen LogP) is 3.60. The van der Waals surface area contributed by atoms with Crippen LogP contribution in [0.2, 0.25) is 0 Å². The topological polar surface area (TPSA) is 48.3 Å². The van der Waals surface area contributed by atoms with Crippen LogP contribution in [0.3, 0.4) is 0 Å². The molecule has 1 fully saturated rings. The number of nitrogens with zero attached hydrogens (tertiary/aromatic N) is 2. The van der Waals surface area contributed by atoms with Crippen LogP contribution >= 0.6 is 0 Å². The van der Waals surface area contributed by atoms with E-state index in [9.17, 15) is 0 Å². The van der Waals surface area contributed by atoms with Crippen molar-refractivity contribution in [1.29, 1.82) is 0 Å². The summed E-state index contributed by atoms with van der Waals surface area (Å²) in [6.45, 7) is 2.93. The van der Waals surface area contributed by atoms with Gasteiger partial charge in [-0.25, -0.2) is 0 Å². The van der Waals surface area contributed by atoms with Gasteiger partial charge in [-0.2, -0.15) is 5.10 Å². The van der Waals surface area contributed by atoms with Gasteiger partial charge in [-0.15, -0.1) is 0 Å². The lowest BCUT2D eigenvalue weighted by Gasteiger charge is -2.18. The van der Waals surface area contributed by atoms with Gasteiger partial charge < -0.3 is 14.8 Å². The van der Waals surface area contributed by atoms with Crippen LogP contribution in [-0.2, 0) is 13.6 Å². The van der Waals surface area contributed by atoms with Gasteiger partial charge in [0.1, 0.15) is 0 Å². The summed E-state index contributed by atoms with van der Waals surface area (Å²) < 4.78 is 13.4. The zero-order chi connectivity index (χ0) is 16.9. The van der Waals surface area contributed by atoms with Crippen molar-refractivity contribution in [2.24, 2.45) is 7.05 Å². The molecule has 1 atom stereocenters. The number of methoxy groups -OCH3 is 1. The molecule has 0 aliphatic heterocycles. The zero-order valence-electron chi connectivity index (χ0n) is 14.8. The van der Waals surface area contributed by atoms with E-state index in [4.69, 9.17) is 9.47 Å². The molecular weight excluding hydrogens is 302 g/mol. The molecule has 3 rings (SSSR count). The molecule has 0 saturated heterocycles. The second-order valence-electron chi connectivity index (χ2n) is 6.56. The molecule has 24 heavy (non-hydrogen) atoms. The van der Waals surface area contributed by atoms with Crippen LogP contribution in [0.5, 0.6) is 11.5 Å². The average molecular weight is 329 g/mol. The minimum atomic E-state index is 0.250. The van der Waals surface area contributed by atoms with Crippen molar-refractivity contribution in [1.82, 2.24) is 15.1 Å². The molecule has 1 aromatic heterocycles. The van der Waals surface area contributed by atoms with Crippen molar-refractivity contribution in [3.8, 4) is 11.5 Å². The molecular formula is C19H27N3O2. The SMILES string of the molecule is COc1ccc(CN[C@@H](C)c2cnn(C)c2)cc1OC1CCCC1. The summed E-state index contributed by atoms with van der Waals surface area (Å²) in [6, 6.07) is 6.43. The van der Waals surface area contributed by atoms with Gasteiger partial charge in [0, 0.05) is 31.4 Å². The Morgan fingerprint density at radius 3 is 2.75 bits per heavy atom. The van der Waals surface area contributed by atoms with Gasteiger partial charge in [0.2, 0.25) is 0 Å². The quantitative estimate of drug-likeness (QED) is 0.843. The third kappa shape index (κ3) is 4.09. The molecule has 0 radical (unpaired) electrons. The Bertz CT molecular complexity index is 662. The average Bonchev–Trinajstić information content (AvgIpc) is 3.24. The number of aromatic nitrogens is 2. The first kappa shape index (κ1) is 16.8. The van der Waals surface area contributed by atoms with E-state index in [0.29, 0.717) is 6.10 Å². The maximum atomic E-state index is 6.17. The molecule has 1 aliphatic rings. The van der Waals surface area contributed by atoms with Gasteiger partial charge in [0.15, 0.2) is 11.5 Å². The highest BCUT2D eigenvalue weighted by Crippen LogP contribution is 2.32. The van der Waals surface area contributed by atoms with Crippen molar-refractivity contribution < 1.29 is 9.47 Å². The molecule has 1 aromatic carbocycles. The highest BCUT2D eigenvalue weighted by molar-refractivity contribution is 5.43. The second kappa shape index (κ2) is 7.71. The normalized spacial score (nSPS) is 16.3. The minimum absolute atomic E-state index is 0.250. The van der Waals surface area contributed by atoms with E-state index in [0.717, 1.165) is 30.9 Å². The molecule has 5 nitrogen and oxygen atoms in total. The van der Waals surface area contributed by atoms with Crippen LogP contribution in [0.4, 0.5) is 0 Å². The summed E-state index contributed by atoms with van der Waals surface area (Å²) in [5.74, 6) is 1.67. The van der Waals surface area contributed by atoms with Crippen LogP contribution < -0.4 is 14.8 Å². The third-order valence-corrected chi connectivity index (χ3v) is 4.66. The fourth-order valence-electron chi connectivity index (χ4n) is 3.16. The van der Waals surface area contributed by atoms with Crippen LogP contribution in [0.1, 0.15) is 49.8 Å². The molecule has 2 aromatic rings. The van der Waals surface area contributed by atoms with Crippen molar-refractivity contribution in [3.05, 3.63) is 41.7 Å². The van der Waals surface area contributed by atoms with Gasteiger partial charge in [0.05, 0.1) is 19.4 Å². The highest BCUT2D eigenvalue weighted by atomic mass is 16.5. The van der Waals surface area contributed by atoms with Gasteiger partial charge in [-0.3, -0.25) is 4.68 Å². The molecule has 1 N–H and O–H groups in total. The standard InChI is InChI=1S/C19H27N3O2/c1-14(16-12-21-22(2)13-16)20-11-15-8-9-18(23-3)19(10-15)24-17-6-4-5-7-17/h8-10,12-14,17,20H,4-7,11H2,1-3H3/t14-/m0/s1. The first-order chi connectivity index (χ1) is 11.7. The number of benzene rings is 1. The first-order valence-electron chi connectivity index (χ1n) is 8.71. The molecule has 0 bridgehead atoms. The van der Waals surface area contributed by atoms with E-state index in [2.05, 4.69) is 29.5 Å². The lowest BCUT2D eigenvalue weighted by atomic mass is 10.1. The van der Waals surface area contributed by atoms with Crippen LogP contribution in [0.15, 0.2) is 30.6 Å². The minimum Gasteiger partial charge on any atom is -0.493 e. The van der Waals surface area contributed by atoms with Crippen molar-refractivity contribution in [2.75, 3.05) is 7.11 Å². The number of ether oxygens (including phenoxy) is 2. The largest absolute Gasteiger partial charge is 0.493 e. The summed E-state index contributed by atoms with van der Waals surface area (Å²) in [7, 11) is 3.63. The summed E-state index contributed by atoms with van der Waals surface area (Å²) in [4.78, 5) is 0. The van der Waals surface area contributed by atoms with Crippen LogP contribution in [0.25, 0.3) is 0 Å². The fourth-order valence-corrected chi connectivity index (χ4v) is 3.16. The molecule has 130 valence electrons. The first-order valence-corrected chi connectivity index (χ1v) is 8.71. The Morgan fingerprint density at radius 2 is 2.08 bits per heavy atom. The van der Waals surface area contributed by atoms with Gasteiger partial charge in [-0.1, -0.05) is 6.07 Å². The highest BCUT2D eigenvalue weighted by Gasteiger charge is 2.18. The van der Waals surface area contributed by atoms with E-state index in [1.165, 1.54) is 24.0 Å². The Kier molecular flexibility index (Phi) is 5.41. The van der Waals surface area contributed by atoms with Gasteiger partial charge in [-0.05, 0) is 50.3 Å². The van der Waals surface area contributed by atoms with E-state index in [1.807, 2.05) is 30.2 Å². The molecule has 0 amide bonds. The van der Waals surface area contributed by atoms with Crippen LogP contribution in [-0.4, -0.2) is 23.0 Å². The lowest BCUT2D eigenvalue weighted by molar-refractivity contribution is 0.200. The zero-order valence-corrected chi connectivity index (χ0v) is 14.8. The molecule has 0 spiro atoms. The molecule has 1 saturated carbocycles. The Morgan fingerprint density at radius 1 is 1.29 bits per heavy atom. The molecule has 1 aliphatic carbocycles. The summed E-state index contributed by atoms with van der Waals surface area (Å²) >= 11 is 0. The number of hydrogen-bond donors (Lipinski definition) is 1. The van der Waals surface area contributed by atoms with E-state index >= 15 is 0 Å². The summed E-state index contributed by atoms with van der Waals surface area (Å²) in [5.41, 5.74) is 2.38. The van der Waals surface area contributed by atoms with Crippen LogP contribution in [0, 0.1) is 0 Å². The number of nitrogens with one attached hydrogen (secondary N) is 1. The maximum absolute atomic E-state index is 6.17. The lowest BCUT2D eigenvalue weighted by Crippen LogP contribution is -2.18. The Balaban J connectivity index is 1.64. The second-order valence-corrected chi connectivity index (χ2v) is 6.56. The summed E-state index contributed by atoms with van der Waals surface area (Å²) in [6.07, 6.45) is 9.08. The van der Waals surface area contributed by atoms with Crippen molar-refractivity contribution in [3.63, 3.8) is 0 Å². The molecule has 0 unspecified atom stereocenters. The van der Waals surface area contributed by atoms with E-state index in [1.54, 1.807) is 7.11 Å². The molecule has 5 heteroatoms. The number of rotatable bonds is 7. The third-order valence-electron chi connectivity index (χ3n) is 4.66. The Hall–Kier alpha value is -2.01. The van der Waals surface area contributed by atoms with E-state index < -0.39 is 0 Å². The number of hydrogen-bond acceptors (Lipinski definition) is 4. The van der Waals surface area contributed by atoms with Gasteiger partial charge >= 0.3 is 0 Å². The Labute approximate surface area is 144 Å². The van der Waals surface area contributed by atoms with E-state index in [-0.39, 0.29) is 6.04 Å².